The summed E-state index contributed by atoms with van der Waals surface area (Å²) < 4.78 is 10.6. The van der Waals surface area contributed by atoms with Gasteiger partial charge in [0.2, 0.25) is 17.7 Å². The van der Waals surface area contributed by atoms with E-state index in [1.165, 1.54) is 13.2 Å². The third kappa shape index (κ3) is 13.4. The lowest BCUT2D eigenvalue weighted by Gasteiger charge is -2.35. The quantitative estimate of drug-likeness (QED) is 0.0724. The van der Waals surface area contributed by atoms with Gasteiger partial charge in [0.05, 0.1) is 19.3 Å². The molecule has 0 aromatic heterocycles. The molecule has 7 N–H and O–H groups in total. The van der Waals surface area contributed by atoms with Crippen LogP contribution in [0.4, 0.5) is 4.79 Å². The molecule has 318 valence electrons. The highest BCUT2D eigenvalue weighted by Crippen LogP contribution is 2.24. The highest BCUT2D eigenvalue weighted by molar-refractivity contribution is 5.91. The molecule has 4 amide bonds. The van der Waals surface area contributed by atoms with Crippen LogP contribution in [0.15, 0.2) is 91.0 Å². The number of methoxy groups -OCH3 is 1. The standard InChI is InChI=1S/C46H61N5O8/c1-28(2)37(41(54)48-27-32-22-23-33(58-9)25-36(32)52)50-42(55)38(47-26-31-20-15-19-30-18-13-14-21-34(30)31)39(53)35(24-29-16-11-10-12-17-29)49-43(56)40(45(3,4)5)51-44(57)59-46(6,7)8/h10-23,25,28,35,37-40,47,52-53H,24,26-27H2,1-9H3,(H,48,54)(H,49,56)(H,50,55)(H,51,57)/t35-,37-,38+,39+,40+/m0/s1. The Balaban J connectivity index is 1.68. The number of hydrogen-bond acceptors (Lipinski definition) is 9. The third-order valence-electron chi connectivity index (χ3n) is 9.84. The van der Waals surface area contributed by atoms with Crippen molar-refractivity contribution in [2.24, 2.45) is 11.3 Å². The van der Waals surface area contributed by atoms with E-state index in [9.17, 15) is 29.4 Å². The van der Waals surface area contributed by atoms with Crippen LogP contribution in [-0.4, -0.2) is 77.0 Å². The van der Waals surface area contributed by atoms with Crippen molar-refractivity contribution in [2.45, 2.75) is 111 Å². The van der Waals surface area contributed by atoms with E-state index in [1.807, 2.05) is 72.8 Å². The molecule has 0 fully saturated rings. The summed E-state index contributed by atoms with van der Waals surface area (Å²) in [4.78, 5) is 55.4. The summed E-state index contributed by atoms with van der Waals surface area (Å²) in [6.07, 6.45) is -2.21. The topological polar surface area (TPSA) is 187 Å². The summed E-state index contributed by atoms with van der Waals surface area (Å²) in [7, 11) is 1.48. The molecule has 5 atom stereocenters. The van der Waals surface area contributed by atoms with Crippen LogP contribution in [0.5, 0.6) is 11.5 Å². The first-order valence-corrected chi connectivity index (χ1v) is 19.9. The summed E-state index contributed by atoms with van der Waals surface area (Å²) in [5.41, 5.74) is 0.496. The van der Waals surface area contributed by atoms with Gasteiger partial charge in [0.15, 0.2) is 0 Å². The Morgan fingerprint density at radius 2 is 1.37 bits per heavy atom. The number of aliphatic hydroxyl groups excluding tert-OH is 1. The molecule has 0 radical (unpaired) electrons. The number of rotatable bonds is 17. The van der Waals surface area contributed by atoms with Crippen LogP contribution >= 0.6 is 0 Å². The molecule has 59 heavy (non-hydrogen) atoms. The van der Waals surface area contributed by atoms with E-state index in [0.29, 0.717) is 11.3 Å². The van der Waals surface area contributed by atoms with E-state index in [-0.39, 0.29) is 31.2 Å². The third-order valence-corrected chi connectivity index (χ3v) is 9.84. The van der Waals surface area contributed by atoms with Crippen molar-refractivity contribution >= 4 is 34.6 Å². The first kappa shape index (κ1) is 46.0. The van der Waals surface area contributed by atoms with Crippen molar-refractivity contribution in [3.8, 4) is 11.5 Å². The Bertz CT molecular complexity index is 2040. The van der Waals surface area contributed by atoms with Gasteiger partial charge in [-0.25, -0.2) is 4.79 Å². The van der Waals surface area contributed by atoms with Gasteiger partial charge in [-0.05, 0) is 72.6 Å². The zero-order valence-electron chi connectivity index (χ0n) is 35.6. The predicted molar refractivity (Wildman–Crippen MR) is 229 cm³/mol. The normalized spacial score (nSPS) is 14.4. The molecule has 0 aliphatic carbocycles. The Morgan fingerprint density at radius 1 is 0.712 bits per heavy atom. The van der Waals surface area contributed by atoms with Gasteiger partial charge < -0.3 is 41.0 Å². The maximum Gasteiger partial charge on any atom is 0.408 e. The molecule has 4 aromatic carbocycles. The van der Waals surface area contributed by atoms with Crippen LogP contribution < -0.4 is 31.3 Å². The van der Waals surface area contributed by atoms with E-state index >= 15 is 0 Å². The Kier molecular flexibility index (Phi) is 15.9. The van der Waals surface area contributed by atoms with Gasteiger partial charge in [0.1, 0.15) is 35.2 Å². The zero-order chi connectivity index (χ0) is 43.5. The van der Waals surface area contributed by atoms with Gasteiger partial charge >= 0.3 is 6.09 Å². The molecular weight excluding hydrogens is 751 g/mol. The lowest BCUT2D eigenvalue weighted by Crippen LogP contribution is -2.64. The van der Waals surface area contributed by atoms with Crippen LogP contribution in [0.3, 0.4) is 0 Å². The van der Waals surface area contributed by atoms with E-state index < -0.39 is 65.1 Å². The van der Waals surface area contributed by atoms with Gasteiger partial charge in [-0.3, -0.25) is 19.7 Å². The zero-order valence-corrected chi connectivity index (χ0v) is 35.6. The average Bonchev–Trinajstić information content (AvgIpc) is 3.17. The number of carbonyl (C=O) groups excluding carboxylic acids is 4. The fraction of sp³-hybridized carbons (Fsp3) is 0.435. The predicted octanol–water partition coefficient (Wildman–Crippen LogP) is 5.50. The molecule has 13 heteroatoms. The molecular formula is C46H61N5O8. The Hall–Kier alpha value is -5.66. The van der Waals surface area contributed by atoms with Crippen LogP contribution in [0.2, 0.25) is 0 Å². The van der Waals surface area contributed by atoms with Crippen molar-refractivity contribution in [2.75, 3.05) is 7.11 Å². The number of hydrogen-bond donors (Lipinski definition) is 7. The van der Waals surface area contributed by atoms with E-state index in [1.54, 1.807) is 67.5 Å². The van der Waals surface area contributed by atoms with Gasteiger partial charge in [-0.2, -0.15) is 0 Å². The number of carbonyl (C=O) groups is 4. The number of amides is 4. The number of ether oxygens (including phenoxy) is 2. The molecule has 0 aliphatic heterocycles. The maximum absolute atomic E-state index is 14.5. The highest BCUT2D eigenvalue weighted by Gasteiger charge is 2.40. The van der Waals surface area contributed by atoms with Crippen molar-refractivity contribution in [3.63, 3.8) is 0 Å². The highest BCUT2D eigenvalue weighted by atomic mass is 16.6. The number of phenols is 1. The summed E-state index contributed by atoms with van der Waals surface area (Å²) in [5.74, 6) is -1.74. The largest absolute Gasteiger partial charge is 0.507 e. The fourth-order valence-corrected chi connectivity index (χ4v) is 6.65. The van der Waals surface area contributed by atoms with Gasteiger partial charge in [0, 0.05) is 24.7 Å². The molecule has 0 saturated heterocycles. The van der Waals surface area contributed by atoms with E-state index in [0.717, 1.165) is 21.9 Å². The van der Waals surface area contributed by atoms with Crippen LogP contribution in [-0.2, 0) is 38.6 Å². The van der Waals surface area contributed by atoms with E-state index in [4.69, 9.17) is 9.47 Å². The van der Waals surface area contributed by atoms with Crippen molar-refractivity contribution in [1.29, 1.82) is 0 Å². The summed E-state index contributed by atoms with van der Waals surface area (Å²) in [6.45, 7) is 14.3. The second-order valence-corrected chi connectivity index (χ2v) is 17.2. The molecule has 0 aliphatic rings. The number of fused-ring (bicyclic) bond motifs is 1. The minimum Gasteiger partial charge on any atom is -0.507 e. The monoisotopic (exact) mass is 811 g/mol. The van der Waals surface area contributed by atoms with Gasteiger partial charge in [-0.1, -0.05) is 107 Å². The molecule has 13 nitrogen and oxygen atoms in total. The number of alkyl carbamates (subject to hydrolysis) is 1. The lowest BCUT2D eigenvalue weighted by atomic mass is 9.85. The van der Waals surface area contributed by atoms with Crippen LogP contribution in [0.1, 0.15) is 72.1 Å². The van der Waals surface area contributed by atoms with Crippen molar-refractivity contribution in [3.05, 3.63) is 108 Å². The SMILES string of the molecule is COc1ccc(CNC(=O)[C@@H](NC(=O)[C@H](NCc2cccc3ccccc23)[C@H](O)[C@H](Cc2ccccc2)NC(=O)[C@@H](NC(=O)OC(C)(C)C)C(C)(C)C)C(C)C)c(O)c1. The average molecular weight is 812 g/mol. The molecule has 0 bridgehead atoms. The molecule has 0 spiro atoms. The number of phenolic OH excluding ortho intramolecular Hbond substituents is 1. The first-order chi connectivity index (χ1) is 27.8. The van der Waals surface area contributed by atoms with Crippen LogP contribution in [0, 0.1) is 11.3 Å². The van der Waals surface area contributed by atoms with Gasteiger partial charge in [0.25, 0.3) is 0 Å². The fourth-order valence-electron chi connectivity index (χ4n) is 6.65. The summed E-state index contributed by atoms with van der Waals surface area (Å²) >= 11 is 0. The lowest BCUT2D eigenvalue weighted by molar-refractivity contribution is -0.134. The number of benzene rings is 4. The van der Waals surface area contributed by atoms with Crippen molar-refractivity contribution in [1.82, 2.24) is 26.6 Å². The summed E-state index contributed by atoms with van der Waals surface area (Å²) in [6, 6.07) is 23.1. The Morgan fingerprint density at radius 3 is 2.00 bits per heavy atom. The number of aliphatic hydroxyl groups is 1. The molecule has 0 unspecified atom stereocenters. The summed E-state index contributed by atoms with van der Waals surface area (Å²) in [5, 5.41) is 39.4. The Labute approximate surface area is 347 Å². The minimum atomic E-state index is -1.55. The second-order valence-electron chi connectivity index (χ2n) is 17.2. The second kappa shape index (κ2) is 20.3. The first-order valence-electron chi connectivity index (χ1n) is 19.9. The minimum absolute atomic E-state index is 0.0173. The number of aromatic hydroxyl groups is 1. The smallest absolute Gasteiger partial charge is 0.408 e. The molecule has 4 rings (SSSR count). The van der Waals surface area contributed by atoms with E-state index in [2.05, 4.69) is 26.6 Å². The number of nitrogens with one attached hydrogen (secondary N) is 5. The molecule has 4 aromatic rings. The maximum atomic E-state index is 14.5. The van der Waals surface area contributed by atoms with Crippen LogP contribution in [0.25, 0.3) is 10.8 Å². The van der Waals surface area contributed by atoms with Gasteiger partial charge in [-0.15, -0.1) is 0 Å². The molecule has 0 heterocycles. The van der Waals surface area contributed by atoms with Crippen molar-refractivity contribution < 1.29 is 38.9 Å². The molecule has 0 saturated carbocycles.